The number of nitriles is 1. The number of carbonyl (C=O) groups excluding carboxylic acids is 1. The first kappa shape index (κ1) is 13.8. The first-order valence-corrected chi connectivity index (χ1v) is 5.70. The number of nitrogens with one attached hydrogen (secondary N) is 1. The number of rotatable bonds is 4. The Balaban J connectivity index is 2.98. The average Bonchev–Trinajstić information content (AvgIpc) is 2.33. The molecular weight excluding hydrogens is 228 g/mol. The minimum absolute atomic E-state index is 0.0000954. The molecule has 94 valence electrons. The number of aryl methyl sites for hydroxylation is 1. The molecule has 0 radical (unpaired) electrons. The fourth-order valence-corrected chi connectivity index (χ4v) is 1.46. The van der Waals surface area contributed by atoms with Gasteiger partial charge in [-0.15, -0.1) is 0 Å². The van der Waals surface area contributed by atoms with E-state index < -0.39 is 5.97 Å². The minimum atomic E-state index is -0.599. The predicted molar refractivity (Wildman–Crippen MR) is 69.7 cm³/mol. The number of hydrogen-bond acceptors (Lipinski definition) is 4. The molecule has 0 unspecified atom stereocenters. The normalized spacial score (nSPS) is 11.2. The zero-order valence-corrected chi connectivity index (χ0v) is 10.8. The molecule has 4 heteroatoms. The number of para-hydroxylation sites is 1. The highest BCUT2D eigenvalue weighted by Crippen LogP contribution is 2.17. The quantitative estimate of drug-likeness (QED) is 0.502. The maximum Gasteiger partial charge on any atom is 0.350 e. The van der Waals surface area contributed by atoms with Crippen molar-refractivity contribution in [2.24, 2.45) is 0 Å². The molecular formula is C14H16N2O2. The molecule has 1 rings (SSSR count). The fraction of sp³-hybridized carbons (Fsp3) is 0.286. The number of ether oxygens (including phenoxy) is 1. The summed E-state index contributed by atoms with van der Waals surface area (Å²) in [6.07, 6.45) is 0. The first-order chi connectivity index (χ1) is 8.60. The van der Waals surface area contributed by atoms with E-state index in [0.717, 1.165) is 11.3 Å². The number of allylic oxidation sites excluding steroid dienone is 1. The molecule has 0 aliphatic carbocycles. The van der Waals surface area contributed by atoms with Crippen LogP contribution in [0.1, 0.15) is 19.4 Å². The van der Waals surface area contributed by atoms with Gasteiger partial charge in [-0.1, -0.05) is 18.2 Å². The lowest BCUT2D eigenvalue weighted by Gasteiger charge is -2.11. The van der Waals surface area contributed by atoms with Gasteiger partial charge in [0.05, 0.1) is 6.61 Å². The van der Waals surface area contributed by atoms with Crippen LogP contribution in [-0.2, 0) is 9.53 Å². The maximum atomic E-state index is 11.5. The molecule has 0 atom stereocenters. The third-order valence-electron chi connectivity index (χ3n) is 2.43. The average molecular weight is 244 g/mol. The summed E-state index contributed by atoms with van der Waals surface area (Å²) in [5.41, 5.74) is 2.40. The van der Waals surface area contributed by atoms with Crippen LogP contribution in [0.15, 0.2) is 35.5 Å². The van der Waals surface area contributed by atoms with E-state index in [1.165, 1.54) is 0 Å². The van der Waals surface area contributed by atoms with E-state index in [4.69, 9.17) is 10.00 Å². The molecule has 0 aliphatic rings. The van der Waals surface area contributed by atoms with Gasteiger partial charge in [-0.3, -0.25) is 0 Å². The summed E-state index contributed by atoms with van der Waals surface area (Å²) >= 11 is 0. The van der Waals surface area contributed by atoms with Crippen molar-refractivity contribution in [3.63, 3.8) is 0 Å². The van der Waals surface area contributed by atoms with Crippen LogP contribution in [0.4, 0.5) is 5.69 Å². The monoisotopic (exact) mass is 244 g/mol. The van der Waals surface area contributed by atoms with Crippen molar-refractivity contribution >= 4 is 11.7 Å². The Bertz CT molecular complexity index is 513. The van der Waals surface area contributed by atoms with Crippen LogP contribution in [0.25, 0.3) is 0 Å². The largest absolute Gasteiger partial charge is 0.462 e. The molecule has 4 nitrogen and oxygen atoms in total. The summed E-state index contributed by atoms with van der Waals surface area (Å²) in [5.74, 6) is -0.599. The van der Waals surface area contributed by atoms with Crippen molar-refractivity contribution in [2.45, 2.75) is 20.8 Å². The maximum absolute atomic E-state index is 11.5. The summed E-state index contributed by atoms with van der Waals surface area (Å²) in [6.45, 7) is 5.59. The third-order valence-corrected chi connectivity index (χ3v) is 2.43. The summed E-state index contributed by atoms with van der Waals surface area (Å²) in [6, 6.07) is 9.52. The van der Waals surface area contributed by atoms with E-state index in [2.05, 4.69) is 5.32 Å². The zero-order chi connectivity index (χ0) is 13.5. The second-order valence-electron chi connectivity index (χ2n) is 3.77. The van der Waals surface area contributed by atoms with Gasteiger partial charge >= 0.3 is 5.97 Å². The molecule has 0 fully saturated rings. The van der Waals surface area contributed by atoms with Crippen molar-refractivity contribution < 1.29 is 9.53 Å². The Hall–Kier alpha value is -2.28. The van der Waals surface area contributed by atoms with Crippen molar-refractivity contribution in [3.8, 4) is 6.07 Å². The van der Waals surface area contributed by atoms with E-state index in [1.807, 2.05) is 37.3 Å². The number of hydrogen-bond donors (Lipinski definition) is 1. The summed E-state index contributed by atoms with van der Waals surface area (Å²) < 4.78 is 4.82. The van der Waals surface area contributed by atoms with Gasteiger partial charge < -0.3 is 10.1 Å². The fourth-order valence-electron chi connectivity index (χ4n) is 1.46. The van der Waals surface area contributed by atoms with Gasteiger partial charge in [0.1, 0.15) is 6.07 Å². The van der Waals surface area contributed by atoms with E-state index in [1.54, 1.807) is 13.8 Å². The number of carbonyl (C=O) groups is 1. The van der Waals surface area contributed by atoms with E-state index >= 15 is 0 Å². The lowest BCUT2D eigenvalue weighted by molar-refractivity contribution is -0.138. The SMILES string of the molecule is CCOC(=O)/C(C#N)=C(/C)Nc1ccccc1C. The molecule has 18 heavy (non-hydrogen) atoms. The second-order valence-corrected chi connectivity index (χ2v) is 3.77. The second kappa shape index (κ2) is 6.45. The lowest BCUT2D eigenvalue weighted by atomic mass is 10.1. The van der Waals surface area contributed by atoms with Crippen LogP contribution in [-0.4, -0.2) is 12.6 Å². The van der Waals surface area contributed by atoms with Crippen LogP contribution >= 0.6 is 0 Å². The van der Waals surface area contributed by atoms with Crippen LogP contribution in [0.2, 0.25) is 0 Å². The van der Waals surface area contributed by atoms with Crippen LogP contribution < -0.4 is 5.32 Å². The first-order valence-electron chi connectivity index (χ1n) is 5.70. The zero-order valence-electron chi connectivity index (χ0n) is 10.8. The topological polar surface area (TPSA) is 62.1 Å². The van der Waals surface area contributed by atoms with Gasteiger partial charge in [0, 0.05) is 11.4 Å². The highest BCUT2D eigenvalue weighted by Gasteiger charge is 2.14. The van der Waals surface area contributed by atoms with E-state index in [0.29, 0.717) is 5.70 Å². The summed E-state index contributed by atoms with van der Waals surface area (Å²) in [5, 5.41) is 12.0. The molecule has 0 amide bonds. The predicted octanol–water partition coefficient (Wildman–Crippen LogP) is 2.77. The summed E-state index contributed by atoms with van der Waals surface area (Å²) in [7, 11) is 0. The van der Waals surface area contributed by atoms with Crippen molar-refractivity contribution in [3.05, 3.63) is 41.1 Å². The van der Waals surface area contributed by atoms with Gasteiger partial charge in [0.25, 0.3) is 0 Å². The minimum Gasteiger partial charge on any atom is -0.462 e. The molecule has 0 aliphatic heterocycles. The number of anilines is 1. The van der Waals surface area contributed by atoms with Crippen molar-refractivity contribution in [1.29, 1.82) is 5.26 Å². The van der Waals surface area contributed by atoms with Crippen LogP contribution in [0.3, 0.4) is 0 Å². The van der Waals surface area contributed by atoms with Crippen LogP contribution in [0, 0.1) is 18.3 Å². The van der Waals surface area contributed by atoms with Crippen LogP contribution in [0.5, 0.6) is 0 Å². The standard InChI is InChI=1S/C14H16N2O2/c1-4-18-14(17)12(9-15)11(3)16-13-8-6-5-7-10(13)2/h5-8,16H,4H2,1-3H3/b12-11-. The molecule has 0 spiro atoms. The van der Waals surface area contributed by atoms with Crippen molar-refractivity contribution in [1.82, 2.24) is 0 Å². The molecule has 0 bridgehead atoms. The van der Waals surface area contributed by atoms with Gasteiger partial charge in [0.2, 0.25) is 0 Å². The van der Waals surface area contributed by atoms with E-state index in [9.17, 15) is 4.79 Å². The third kappa shape index (κ3) is 3.36. The smallest absolute Gasteiger partial charge is 0.350 e. The number of nitrogens with zero attached hydrogens (tertiary/aromatic N) is 1. The van der Waals surface area contributed by atoms with Gasteiger partial charge in [-0.05, 0) is 32.4 Å². The Kier molecular flexibility index (Phi) is 4.94. The summed E-state index contributed by atoms with van der Waals surface area (Å²) in [4.78, 5) is 11.5. The van der Waals surface area contributed by atoms with Gasteiger partial charge in [-0.25, -0.2) is 4.79 Å². The Labute approximate surface area is 107 Å². The Morgan fingerprint density at radius 3 is 2.67 bits per heavy atom. The van der Waals surface area contributed by atoms with E-state index in [-0.39, 0.29) is 12.2 Å². The van der Waals surface area contributed by atoms with Gasteiger partial charge in [-0.2, -0.15) is 5.26 Å². The van der Waals surface area contributed by atoms with Gasteiger partial charge in [0.15, 0.2) is 5.57 Å². The molecule has 0 heterocycles. The highest BCUT2D eigenvalue weighted by molar-refractivity contribution is 5.94. The Morgan fingerprint density at radius 1 is 1.44 bits per heavy atom. The molecule has 0 saturated carbocycles. The number of benzene rings is 1. The number of esters is 1. The Morgan fingerprint density at radius 2 is 2.11 bits per heavy atom. The molecule has 1 aromatic rings. The molecule has 1 aromatic carbocycles. The molecule has 0 aromatic heterocycles. The highest BCUT2D eigenvalue weighted by atomic mass is 16.5. The van der Waals surface area contributed by atoms with Crippen molar-refractivity contribution in [2.75, 3.05) is 11.9 Å². The molecule has 1 N–H and O–H groups in total. The lowest BCUT2D eigenvalue weighted by Crippen LogP contribution is -2.11. The molecule has 0 saturated heterocycles.